The highest BCUT2D eigenvalue weighted by atomic mass is 15.1. The Labute approximate surface area is 381 Å². The fraction of sp³-hybridized carbons (Fsp3) is 0.0312. The van der Waals surface area contributed by atoms with Gasteiger partial charge in [-0.1, -0.05) is 218 Å². The number of fused-ring (bicyclic) bond motifs is 6. The van der Waals surface area contributed by atoms with Crippen LogP contribution in [0.3, 0.4) is 0 Å². The summed E-state index contributed by atoms with van der Waals surface area (Å²) in [5, 5.41) is 4.92. The van der Waals surface area contributed by atoms with Crippen molar-refractivity contribution in [1.29, 1.82) is 0 Å². The van der Waals surface area contributed by atoms with Crippen molar-refractivity contribution >= 4 is 38.6 Å². The van der Waals surface area contributed by atoms with E-state index in [0.717, 1.165) is 28.2 Å². The molecule has 11 aromatic rings. The van der Waals surface area contributed by atoms with Crippen molar-refractivity contribution in [3.05, 3.63) is 271 Å². The minimum Gasteiger partial charge on any atom is -0.310 e. The third kappa shape index (κ3) is 6.39. The molecule has 0 heterocycles. The molecule has 0 saturated heterocycles. The molecule has 12 rings (SSSR count). The van der Waals surface area contributed by atoms with E-state index in [0.29, 0.717) is 0 Å². The summed E-state index contributed by atoms with van der Waals surface area (Å²) in [5.74, 6) is 0. The zero-order valence-electron chi connectivity index (χ0n) is 36.2. The van der Waals surface area contributed by atoms with Gasteiger partial charge in [0, 0.05) is 16.8 Å². The number of hydrogen-bond acceptors (Lipinski definition) is 1. The molecule has 1 aliphatic carbocycles. The van der Waals surface area contributed by atoms with Crippen LogP contribution in [0.15, 0.2) is 255 Å². The van der Waals surface area contributed by atoms with Gasteiger partial charge in [0.15, 0.2) is 0 Å². The van der Waals surface area contributed by atoms with E-state index in [1.54, 1.807) is 0 Å². The molecule has 0 aromatic heterocycles. The fourth-order valence-corrected chi connectivity index (χ4v) is 10.7. The van der Waals surface area contributed by atoms with E-state index in [1.807, 2.05) is 0 Å². The molecule has 0 fully saturated rings. The lowest BCUT2D eigenvalue weighted by Crippen LogP contribution is -2.25. The molecular formula is C64H45N. The van der Waals surface area contributed by atoms with Gasteiger partial charge in [-0.15, -0.1) is 0 Å². The zero-order valence-corrected chi connectivity index (χ0v) is 36.2. The maximum atomic E-state index is 2.55. The van der Waals surface area contributed by atoms with Crippen LogP contribution in [0.5, 0.6) is 0 Å². The van der Waals surface area contributed by atoms with Crippen LogP contribution in [0.4, 0.5) is 17.1 Å². The van der Waals surface area contributed by atoms with Crippen LogP contribution in [0.1, 0.15) is 23.6 Å². The van der Waals surface area contributed by atoms with Gasteiger partial charge in [-0.3, -0.25) is 0 Å². The van der Waals surface area contributed by atoms with E-state index in [1.165, 1.54) is 82.7 Å². The Hall–Kier alpha value is -8.26. The van der Waals surface area contributed by atoms with Crippen LogP contribution < -0.4 is 4.90 Å². The van der Waals surface area contributed by atoms with Crippen LogP contribution in [-0.4, -0.2) is 0 Å². The van der Waals surface area contributed by atoms with Gasteiger partial charge in [-0.2, -0.15) is 0 Å². The SMILES string of the molecule is CC1(c2ccccc2)c2ccccc2-c2cccc(N(c3cc(-c4ccccc4)cc(-c4ccccc4)c3)c3ccc4c(c3)c(-c3ccccc3)c(-c3ccccc3)c3ccccc34)c21. The Morgan fingerprint density at radius 2 is 0.785 bits per heavy atom. The summed E-state index contributed by atoms with van der Waals surface area (Å²) in [6.07, 6.45) is 0. The molecule has 0 aliphatic heterocycles. The summed E-state index contributed by atoms with van der Waals surface area (Å²) in [6, 6.07) is 93.8. The molecule has 0 amide bonds. The van der Waals surface area contributed by atoms with Gasteiger partial charge in [0.1, 0.15) is 0 Å². The Balaban J connectivity index is 1.22. The Morgan fingerprint density at radius 3 is 1.40 bits per heavy atom. The highest BCUT2D eigenvalue weighted by molar-refractivity contribution is 6.22. The predicted molar refractivity (Wildman–Crippen MR) is 275 cm³/mol. The van der Waals surface area contributed by atoms with Crippen LogP contribution in [0, 0.1) is 0 Å². The second kappa shape index (κ2) is 15.8. The van der Waals surface area contributed by atoms with Crippen molar-refractivity contribution in [2.75, 3.05) is 4.90 Å². The third-order valence-corrected chi connectivity index (χ3v) is 13.7. The van der Waals surface area contributed by atoms with Crippen molar-refractivity contribution in [3.63, 3.8) is 0 Å². The van der Waals surface area contributed by atoms with Crippen molar-refractivity contribution in [2.24, 2.45) is 0 Å². The van der Waals surface area contributed by atoms with Gasteiger partial charge in [-0.25, -0.2) is 0 Å². The first-order valence-electron chi connectivity index (χ1n) is 22.6. The molecule has 0 N–H and O–H groups in total. The third-order valence-electron chi connectivity index (χ3n) is 13.7. The molecule has 11 aromatic carbocycles. The van der Waals surface area contributed by atoms with E-state index in [4.69, 9.17) is 0 Å². The Bertz CT molecular complexity index is 3470. The number of nitrogens with zero attached hydrogens (tertiary/aromatic N) is 1. The van der Waals surface area contributed by atoms with E-state index in [-0.39, 0.29) is 0 Å². The minimum atomic E-state index is -0.440. The molecule has 1 atom stereocenters. The first-order valence-corrected chi connectivity index (χ1v) is 22.6. The van der Waals surface area contributed by atoms with E-state index in [9.17, 15) is 0 Å². The van der Waals surface area contributed by atoms with Crippen LogP contribution in [-0.2, 0) is 5.41 Å². The van der Waals surface area contributed by atoms with Crippen molar-refractivity contribution < 1.29 is 0 Å². The molecule has 1 aliphatic rings. The lowest BCUT2D eigenvalue weighted by molar-refractivity contribution is 0.714. The van der Waals surface area contributed by atoms with Gasteiger partial charge < -0.3 is 4.90 Å². The highest BCUT2D eigenvalue weighted by Crippen LogP contribution is 2.58. The lowest BCUT2D eigenvalue weighted by atomic mass is 9.73. The normalized spacial score (nSPS) is 14.0. The molecule has 306 valence electrons. The fourth-order valence-electron chi connectivity index (χ4n) is 10.7. The monoisotopic (exact) mass is 827 g/mol. The molecule has 0 bridgehead atoms. The van der Waals surface area contributed by atoms with Crippen LogP contribution >= 0.6 is 0 Å². The zero-order chi connectivity index (χ0) is 43.3. The smallest absolute Gasteiger partial charge is 0.0512 e. The maximum Gasteiger partial charge on any atom is 0.0512 e. The second-order valence-corrected chi connectivity index (χ2v) is 17.3. The molecule has 0 saturated carbocycles. The molecule has 1 nitrogen and oxygen atoms in total. The van der Waals surface area contributed by atoms with Crippen molar-refractivity contribution in [2.45, 2.75) is 12.3 Å². The molecule has 1 heteroatoms. The van der Waals surface area contributed by atoms with Gasteiger partial charge in [-0.05, 0) is 137 Å². The summed E-state index contributed by atoms with van der Waals surface area (Å²) in [6.45, 7) is 2.43. The van der Waals surface area contributed by atoms with E-state index < -0.39 is 5.41 Å². The quantitative estimate of drug-likeness (QED) is 0.138. The van der Waals surface area contributed by atoms with Gasteiger partial charge in [0.2, 0.25) is 0 Å². The molecule has 0 spiro atoms. The summed E-state index contributed by atoms with van der Waals surface area (Å²) in [5.41, 5.74) is 18.9. The average molecular weight is 828 g/mol. The molecule has 1 unspecified atom stereocenters. The summed E-state index contributed by atoms with van der Waals surface area (Å²) >= 11 is 0. The van der Waals surface area contributed by atoms with Gasteiger partial charge in [0.25, 0.3) is 0 Å². The number of anilines is 3. The molecular weight excluding hydrogens is 783 g/mol. The van der Waals surface area contributed by atoms with Crippen LogP contribution in [0.2, 0.25) is 0 Å². The molecule has 65 heavy (non-hydrogen) atoms. The summed E-state index contributed by atoms with van der Waals surface area (Å²) in [7, 11) is 0. The van der Waals surface area contributed by atoms with Gasteiger partial charge >= 0.3 is 0 Å². The maximum absolute atomic E-state index is 2.55. The molecule has 0 radical (unpaired) electrons. The number of hydrogen-bond donors (Lipinski definition) is 0. The Morgan fingerprint density at radius 1 is 0.308 bits per heavy atom. The number of benzene rings is 11. The largest absolute Gasteiger partial charge is 0.310 e. The number of rotatable bonds is 8. The lowest BCUT2D eigenvalue weighted by Gasteiger charge is -2.35. The topological polar surface area (TPSA) is 3.24 Å². The standard InChI is InChI=1S/C64H45N/c1-64(50-30-15-6-16-31-50)59-36-20-19-33-55(59)57-35-21-37-60(63(57)64)65(52-41-48(44-22-7-2-8-23-44)40-49(42-52)45-24-9-3-10-25-45)51-38-39-54-53-32-17-18-34-56(53)61(46-26-11-4-12-27-46)62(58(54)43-51)47-28-13-5-14-29-47/h2-43H,1H3. The van der Waals surface area contributed by atoms with Gasteiger partial charge in [0.05, 0.1) is 5.69 Å². The Kier molecular flexibility index (Phi) is 9.35. The predicted octanol–water partition coefficient (Wildman–Crippen LogP) is 17.5. The second-order valence-electron chi connectivity index (χ2n) is 17.3. The van der Waals surface area contributed by atoms with Crippen molar-refractivity contribution in [3.8, 4) is 55.6 Å². The first-order chi connectivity index (χ1) is 32.1. The minimum absolute atomic E-state index is 0.440. The first kappa shape index (κ1) is 38.4. The van der Waals surface area contributed by atoms with E-state index >= 15 is 0 Å². The average Bonchev–Trinajstić information content (AvgIpc) is 3.66. The summed E-state index contributed by atoms with van der Waals surface area (Å²) in [4.78, 5) is 2.55. The van der Waals surface area contributed by atoms with Crippen molar-refractivity contribution in [1.82, 2.24) is 0 Å². The van der Waals surface area contributed by atoms with E-state index in [2.05, 4.69) is 267 Å². The highest BCUT2D eigenvalue weighted by Gasteiger charge is 2.43. The van der Waals surface area contributed by atoms with Crippen LogP contribution in [0.25, 0.3) is 77.2 Å². The summed E-state index contributed by atoms with van der Waals surface area (Å²) < 4.78 is 0.